The van der Waals surface area contributed by atoms with E-state index < -0.39 is 17.7 Å². The van der Waals surface area contributed by atoms with Gasteiger partial charge < -0.3 is 19.9 Å². The number of hydrogen-bond acceptors (Lipinski definition) is 4. The number of halogens is 3. The lowest BCUT2D eigenvalue weighted by Crippen LogP contribution is -2.40. The second-order valence-corrected chi connectivity index (χ2v) is 7.80. The highest BCUT2D eigenvalue weighted by Crippen LogP contribution is 2.34. The van der Waals surface area contributed by atoms with Gasteiger partial charge in [0.05, 0.1) is 28.2 Å². The van der Waals surface area contributed by atoms with E-state index in [0.717, 1.165) is 18.6 Å². The molecule has 1 aliphatic rings. The molecule has 1 aliphatic heterocycles. The number of piperidine rings is 1. The Balaban J connectivity index is 1.79. The SMILES string of the molecule is C=CC(=O)N1CCCC(n2c(Nc3cccc(C(F)(F)F)c3)nc3cc(C(=O)O)ccc32)C1. The number of carboxylic acids is 1. The van der Waals surface area contributed by atoms with Crippen molar-refractivity contribution in [3.05, 3.63) is 66.2 Å². The third-order valence-electron chi connectivity index (χ3n) is 5.63. The van der Waals surface area contributed by atoms with E-state index in [2.05, 4.69) is 16.9 Å². The minimum atomic E-state index is -4.50. The lowest BCUT2D eigenvalue weighted by atomic mass is 10.0. The van der Waals surface area contributed by atoms with Crippen LogP contribution in [0.25, 0.3) is 11.0 Å². The first-order chi connectivity index (χ1) is 15.7. The van der Waals surface area contributed by atoms with Crippen molar-refractivity contribution in [1.29, 1.82) is 0 Å². The highest BCUT2D eigenvalue weighted by molar-refractivity contribution is 5.93. The summed E-state index contributed by atoms with van der Waals surface area (Å²) in [7, 11) is 0. The molecule has 1 saturated heterocycles. The molecule has 0 aliphatic carbocycles. The predicted octanol–water partition coefficient (Wildman–Crippen LogP) is 4.85. The van der Waals surface area contributed by atoms with Crippen LogP contribution in [-0.4, -0.2) is 44.5 Å². The summed E-state index contributed by atoms with van der Waals surface area (Å²) in [5.41, 5.74) is 0.437. The molecule has 0 bridgehead atoms. The average molecular weight is 458 g/mol. The van der Waals surface area contributed by atoms with Crippen molar-refractivity contribution in [2.45, 2.75) is 25.1 Å². The Morgan fingerprint density at radius 3 is 2.70 bits per heavy atom. The van der Waals surface area contributed by atoms with E-state index in [4.69, 9.17) is 0 Å². The fourth-order valence-electron chi connectivity index (χ4n) is 4.09. The van der Waals surface area contributed by atoms with Crippen molar-refractivity contribution in [2.24, 2.45) is 0 Å². The summed E-state index contributed by atoms with van der Waals surface area (Å²) >= 11 is 0. The first-order valence-electron chi connectivity index (χ1n) is 10.3. The van der Waals surface area contributed by atoms with Crippen LogP contribution in [0, 0.1) is 0 Å². The van der Waals surface area contributed by atoms with E-state index in [1.165, 1.54) is 30.3 Å². The highest BCUT2D eigenvalue weighted by Gasteiger charge is 2.31. The minimum Gasteiger partial charge on any atom is -0.478 e. The van der Waals surface area contributed by atoms with Crippen LogP contribution in [0.15, 0.2) is 55.1 Å². The highest BCUT2D eigenvalue weighted by atomic mass is 19.4. The molecule has 7 nitrogen and oxygen atoms in total. The maximum absolute atomic E-state index is 13.2. The normalized spacial score (nSPS) is 16.6. The standard InChI is InChI=1S/C23H21F3N4O3/c1-2-20(31)29-10-4-7-17(13-29)30-19-9-8-14(21(32)33)11-18(19)28-22(30)27-16-6-3-5-15(12-16)23(24,25)26/h2-3,5-6,8-9,11-12,17H,1,4,7,10,13H2,(H,27,28)(H,32,33). The number of carbonyl (C=O) groups is 2. The van der Waals surface area contributed by atoms with Crippen molar-refractivity contribution >= 4 is 34.5 Å². The zero-order valence-corrected chi connectivity index (χ0v) is 17.5. The smallest absolute Gasteiger partial charge is 0.416 e. The lowest BCUT2D eigenvalue weighted by Gasteiger charge is -2.34. The Kier molecular flexibility index (Phi) is 5.84. The number of fused-ring (bicyclic) bond motifs is 1. The maximum Gasteiger partial charge on any atom is 0.416 e. The molecule has 172 valence electrons. The van der Waals surface area contributed by atoms with E-state index in [0.29, 0.717) is 30.5 Å². The lowest BCUT2D eigenvalue weighted by molar-refractivity contribution is -0.137. The molecule has 1 aromatic heterocycles. The number of benzene rings is 2. The van der Waals surface area contributed by atoms with Gasteiger partial charge in [0.1, 0.15) is 0 Å². The number of carboxylic acid groups (broad SMARTS) is 1. The third kappa shape index (κ3) is 4.55. The number of hydrogen-bond donors (Lipinski definition) is 2. The Morgan fingerprint density at radius 1 is 1.21 bits per heavy atom. The van der Waals surface area contributed by atoms with Gasteiger partial charge in [-0.05, 0) is 55.3 Å². The van der Waals surface area contributed by atoms with Crippen LogP contribution in [0.4, 0.5) is 24.8 Å². The molecular weight excluding hydrogens is 437 g/mol. The summed E-state index contributed by atoms with van der Waals surface area (Å²) in [5, 5.41) is 12.3. The molecule has 1 atom stereocenters. The zero-order chi connectivity index (χ0) is 23.8. The molecular formula is C23H21F3N4O3. The van der Waals surface area contributed by atoms with E-state index in [1.807, 2.05) is 4.57 Å². The van der Waals surface area contributed by atoms with E-state index >= 15 is 0 Å². The molecule has 10 heteroatoms. The van der Waals surface area contributed by atoms with Crippen LogP contribution in [0.2, 0.25) is 0 Å². The second kappa shape index (κ2) is 8.61. The van der Waals surface area contributed by atoms with Crippen LogP contribution >= 0.6 is 0 Å². The number of aromatic carboxylic acids is 1. The monoisotopic (exact) mass is 458 g/mol. The molecule has 3 aromatic rings. The molecule has 0 saturated carbocycles. The van der Waals surface area contributed by atoms with E-state index in [-0.39, 0.29) is 29.1 Å². The van der Waals surface area contributed by atoms with Gasteiger partial charge in [-0.15, -0.1) is 0 Å². The van der Waals surface area contributed by atoms with Gasteiger partial charge in [0.25, 0.3) is 0 Å². The zero-order valence-electron chi connectivity index (χ0n) is 17.5. The van der Waals surface area contributed by atoms with E-state index in [9.17, 15) is 27.9 Å². The molecule has 1 fully saturated rings. The largest absolute Gasteiger partial charge is 0.478 e. The number of nitrogens with zero attached hydrogens (tertiary/aromatic N) is 3. The van der Waals surface area contributed by atoms with Crippen molar-refractivity contribution in [3.8, 4) is 0 Å². The number of nitrogens with one attached hydrogen (secondary N) is 1. The number of carbonyl (C=O) groups excluding carboxylic acids is 1. The van der Waals surface area contributed by atoms with Crippen LogP contribution in [0.5, 0.6) is 0 Å². The van der Waals surface area contributed by atoms with Crippen LogP contribution < -0.4 is 5.32 Å². The first kappa shape index (κ1) is 22.4. The molecule has 4 rings (SSSR count). The van der Waals surface area contributed by atoms with Gasteiger partial charge in [-0.2, -0.15) is 13.2 Å². The number of likely N-dealkylation sites (tertiary alicyclic amines) is 1. The van der Waals surface area contributed by atoms with Gasteiger partial charge >= 0.3 is 12.1 Å². The summed E-state index contributed by atoms with van der Waals surface area (Å²) in [6, 6.07) is 9.04. The molecule has 1 unspecified atom stereocenters. The molecule has 0 spiro atoms. The van der Waals surface area contributed by atoms with Gasteiger partial charge in [-0.25, -0.2) is 9.78 Å². The van der Waals surface area contributed by atoms with Crippen LogP contribution in [0.1, 0.15) is 34.8 Å². The molecule has 0 radical (unpaired) electrons. The van der Waals surface area contributed by atoms with Crippen molar-refractivity contribution in [2.75, 3.05) is 18.4 Å². The Labute approximate surface area is 187 Å². The number of amides is 1. The molecule has 2 heterocycles. The second-order valence-electron chi connectivity index (χ2n) is 7.80. The summed E-state index contributed by atoms with van der Waals surface area (Å²) in [6.45, 7) is 4.48. The maximum atomic E-state index is 13.2. The summed E-state index contributed by atoms with van der Waals surface area (Å²) < 4.78 is 41.3. The first-order valence-corrected chi connectivity index (χ1v) is 10.3. The Morgan fingerprint density at radius 2 is 2.00 bits per heavy atom. The fourth-order valence-corrected chi connectivity index (χ4v) is 4.09. The van der Waals surface area contributed by atoms with Gasteiger partial charge in [-0.1, -0.05) is 12.6 Å². The average Bonchev–Trinajstić information content (AvgIpc) is 3.15. The third-order valence-corrected chi connectivity index (χ3v) is 5.63. The number of aromatic nitrogens is 2. The number of alkyl halides is 3. The number of anilines is 2. The number of imidazole rings is 1. The van der Waals surface area contributed by atoms with E-state index in [1.54, 1.807) is 11.0 Å². The molecule has 33 heavy (non-hydrogen) atoms. The molecule has 2 N–H and O–H groups in total. The Hall–Kier alpha value is -3.82. The van der Waals surface area contributed by atoms with Crippen LogP contribution in [0.3, 0.4) is 0 Å². The van der Waals surface area contributed by atoms with Gasteiger partial charge in [0, 0.05) is 18.8 Å². The van der Waals surface area contributed by atoms with Gasteiger partial charge in [0.2, 0.25) is 11.9 Å². The molecule has 2 aromatic carbocycles. The number of rotatable bonds is 5. The van der Waals surface area contributed by atoms with Crippen molar-refractivity contribution in [1.82, 2.24) is 14.5 Å². The quantitative estimate of drug-likeness (QED) is 0.534. The van der Waals surface area contributed by atoms with Crippen molar-refractivity contribution < 1.29 is 27.9 Å². The van der Waals surface area contributed by atoms with Crippen LogP contribution in [-0.2, 0) is 11.0 Å². The predicted molar refractivity (Wildman–Crippen MR) is 116 cm³/mol. The minimum absolute atomic E-state index is 0.0462. The van der Waals surface area contributed by atoms with Crippen molar-refractivity contribution in [3.63, 3.8) is 0 Å². The van der Waals surface area contributed by atoms with Gasteiger partial charge in [-0.3, -0.25) is 4.79 Å². The summed E-state index contributed by atoms with van der Waals surface area (Å²) in [6.07, 6.45) is -1.82. The summed E-state index contributed by atoms with van der Waals surface area (Å²) in [5.74, 6) is -1.05. The fraction of sp³-hybridized carbons (Fsp3) is 0.261. The van der Waals surface area contributed by atoms with Gasteiger partial charge in [0.15, 0.2) is 0 Å². The molecule has 1 amide bonds. The topological polar surface area (TPSA) is 87.5 Å². The Bertz CT molecular complexity index is 1240. The summed E-state index contributed by atoms with van der Waals surface area (Å²) in [4.78, 5) is 29.7.